The highest BCUT2D eigenvalue weighted by molar-refractivity contribution is 6.33. The molecule has 0 heterocycles. The lowest BCUT2D eigenvalue weighted by Crippen LogP contribution is -2.09. The highest BCUT2D eigenvalue weighted by atomic mass is 35.5. The minimum atomic E-state index is -1.10. The van der Waals surface area contributed by atoms with E-state index in [2.05, 4.69) is 0 Å². The van der Waals surface area contributed by atoms with E-state index in [9.17, 15) is 4.79 Å². The number of hydrogen-bond donors (Lipinski definition) is 1. The Labute approximate surface area is 98.7 Å². The molecule has 0 radical (unpaired) electrons. The molecule has 0 aliphatic heterocycles. The number of rotatable bonds is 6. The quantitative estimate of drug-likeness (QED) is 0.781. The molecule has 5 heteroatoms. The first-order chi connectivity index (χ1) is 7.66. The monoisotopic (exact) mass is 244 g/mol. The van der Waals surface area contributed by atoms with Gasteiger partial charge in [0.2, 0.25) is 0 Å². The molecule has 1 rings (SSSR count). The summed E-state index contributed by atoms with van der Waals surface area (Å²) in [6, 6.07) is 4.73. The largest absolute Gasteiger partial charge is 0.490 e. The van der Waals surface area contributed by atoms with Crippen LogP contribution in [0.2, 0.25) is 5.02 Å². The Bertz CT molecular complexity index is 365. The lowest BCUT2D eigenvalue weighted by atomic mass is 10.2. The highest BCUT2D eigenvalue weighted by Crippen LogP contribution is 2.26. The minimum absolute atomic E-state index is 0.0133. The number of carboxylic acid groups (broad SMARTS) is 1. The van der Waals surface area contributed by atoms with E-state index in [-0.39, 0.29) is 16.3 Å². The van der Waals surface area contributed by atoms with Crippen molar-refractivity contribution >= 4 is 17.6 Å². The predicted molar refractivity (Wildman–Crippen MR) is 60.4 cm³/mol. The second-order valence-electron chi connectivity index (χ2n) is 2.96. The van der Waals surface area contributed by atoms with Crippen molar-refractivity contribution in [2.45, 2.75) is 6.92 Å². The van der Waals surface area contributed by atoms with Gasteiger partial charge in [0, 0.05) is 6.61 Å². The van der Waals surface area contributed by atoms with E-state index in [0.717, 1.165) is 0 Å². The van der Waals surface area contributed by atoms with Crippen LogP contribution >= 0.6 is 11.6 Å². The molecule has 0 fully saturated rings. The maximum Gasteiger partial charge on any atom is 0.341 e. The van der Waals surface area contributed by atoms with E-state index in [1.807, 2.05) is 6.92 Å². The molecule has 0 bridgehead atoms. The van der Waals surface area contributed by atoms with Gasteiger partial charge in [0.15, 0.2) is 0 Å². The van der Waals surface area contributed by atoms with Gasteiger partial charge in [0.25, 0.3) is 0 Å². The van der Waals surface area contributed by atoms with Gasteiger partial charge in [0.1, 0.15) is 17.9 Å². The van der Waals surface area contributed by atoms with Crippen LogP contribution in [-0.4, -0.2) is 30.9 Å². The molecule has 4 nitrogen and oxygen atoms in total. The van der Waals surface area contributed by atoms with Crippen LogP contribution in [0.3, 0.4) is 0 Å². The van der Waals surface area contributed by atoms with Crippen molar-refractivity contribution in [1.82, 2.24) is 0 Å². The summed E-state index contributed by atoms with van der Waals surface area (Å²) < 4.78 is 10.4. The summed E-state index contributed by atoms with van der Waals surface area (Å²) in [6.45, 7) is 3.20. The van der Waals surface area contributed by atoms with Gasteiger partial charge in [-0.1, -0.05) is 17.7 Å². The van der Waals surface area contributed by atoms with E-state index >= 15 is 0 Å². The van der Waals surface area contributed by atoms with Gasteiger partial charge < -0.3 is 14.6 Å². The molecule has 0 saturated carbocycles. The van der Waals surface area contributed by atoms with Crippen LogP contribution < -0.4 is 4.74 Å². The number of carboxylic acids is 1. The summed E-state index contributed by atoms with van der Waals surface area (Å²) in [7, 11) is 0. The summed E-state index contributed by atoms with van der Waals surface area (Å²) in [4.78, 5) is 10.9. The van der Waals surface area contributed by atoms with Gasteiger partial charge in [-0.2, -0.15) is 0 Å². The molecule has 88 valence electrons. The molecule has 16 heavy (non-hydrogen) atoms. The van der Waals surface area contributed by atoms with Crippen molar-refractivity contribution in [1.29, 1.82) is 0 Å². The smallest absolute Gasteiger partial charge is 0.341 e. The Morgan fingerprint density at radius 3 is 2.81 bits per heavy atom. The fourth-order valence-electron chi connectivity index (χ4n) is 1.19. The first kappa shape index (κ1) is 12.8. The number of aromatic carboxylic acids is 1. The molecule has 0 spiro atoms. The van der Waals surface area contributed by atoms with Crippen molar-refractivity contribution in [2.75, 3.05) is 19.8 Å². The van der Waals surface area contributed by atoms with Crippen molar-refractivity contribution in [3.63, 3.8) is 0 Å². The molecule has 0 aliphatic carbocycles. The fourth-order valence-corrected chi connectivity index (χ4v) is 1.43. The summed E-state index contributed by atoms with van der Waals surface area (Å²) >= 11 is 5.77. The number of benzene rings is 1. The second kappa shape index (κ2) is 6.35. The standard InChI is InChI=1S/C11H13ClO4/c1-2-15-6-7-16-9-5-3-4-8(12)10(9)11(13)14/h3-5H,2,6-7H2,1H3,(H,13,14). The molecule has 0 amide bonds. The Morgan fingerprint density at radius 1 is 1.44 bits per heavy atom. The third-order valence-electron chi connectivity index (χ3n) is 1.88. The normalized spacial score (nSPS) is 10.1. The number of carbonyl (C=O) groups is 1. The molecule has 0 atom stereocenters. The Balaban J connectivity index is 2.71. The van der Waals surface area contributed by atoms with E-state index in [1.54, 1.807) is 12.1 Å². The van der Waals surface area contributed by atoms with E-state index in [0.29, 0.717) is 19.8 Å². The maximum absolute atomic E-state index is 10.9. The summed E-state index contributed by atoms with van der Waals surface area (Å²) in [5, 5.41) is 9.12. The summed E-state index contributed by atoms with van der Waals surface area (Å²) in [6.07, 6.45) is 0. The average molecular weight is 245 g/mol. The van der Waals surface area contributed by atoms with E-state index < -0.39 is 5.97 Å². The summed E-state index contributed by atoms with van der Waals surface area (Å²) in [5.41, 5.74) is -0.0133. The van der Waals surface area contributed by atoms with E-state index in [4.69, 9.17) is 26.2 Å². The van der Waals surface area contributed by atoms with Gasteiger partial charge in [-0.15, -0.1) is 0 Å². The molecule has 0 aliphatic rings. The zero-order valence-electron chi connectivity index (χ0n) is 8.90. The Hall–Kier alpha value is -1.26. The minimum Gasteiger partial charge on any atom is -0.490 e. The Kier molecular flexibility index (Phi) is 5.08. The van der Waals surface area contributed by atoms with Gasteiger partial charge >= 0.3 is 5.97 Å². The average Bonchev–Trinajstić information content (AvgIpc) is 2.24. The number of halogens is 1. The van der Waals surface area contributed by atoms with Crippen LogP contribution in [0.1, 0.15) is 17.3 Å². The van der Waals surface area contributed by atoms with Crippen LogP contribution in [0.5, 0.6) is 5.75 Å². The van der Waals surface area contributed by atoms with Gasteiger partial charge in [0.05, 0.1) is 11.6 Å². The molecule has 0 aromatic heterocycles. The molecule has 1 aromatic carbocycles. The zero-order valence-corrected chi connectivity index (χ0v) is 9.66. The molecule has 0 unspecified atom stereocenters. The number of ether oxygens (including phenoxy) is 2. The van der Waals surface area contributed by atoms with E-state index in [1.165, 1.54) is 6.07 Å². The molecule has 1 N–H and O–H groups in total. The van der Waals surface area contributed by atoms with Crippen molar-refractivity contribution < 1.29 is 19.4 Å². The van der Waals surface area contributed by atoms with Crippen LogP contribution in [0.15, 0.2) is 18.2 Å². The third kappa shape index (κ3) is 3.40. The van der Waals surface area contributed by atoms with Crippen LogP contribution in [-0.2, 0) is 4.74 Å². The molecular formula is C11H13ClO4. The van der Waals surface area contributed by atoms with Gasteiger partial charge in [-0.25, -0.2) is 4.79 Å². The van der Waals surface area contributed by atoms with Gasteiger partial charge in [-0.3, -0.25) is 0 Å². The first-order valence-corrected chi connectivity index (χ1v) is 5.27. The maximum atomic E-state index is 10.9. The second-order valence-corrected chi connectivity index (χ2v) is 3.37. The molecular weight excluding hydrogens is 232 g/mol. The first-order valence-electron chi connectivity index (χ1n) is 4.89. The highest BCUT2D eigenvalue weighted by Gasteiger charge is 2.15. The molecule has 0 saturated heterocycles. The SMILES string of the molecule is CCOCCOc1cccc(Cl)c1C(=O)O. The van der Waals surface area contributed by atoms with Crippen LogP contribution in [0.25, 0.3) is 0 Å². The lowest BCUT2D eigenvalue weighted by molar-refractivity contribution is 0.0687. The van der Waals surface area contributed by atoms with Crippen molar-refractivity contribution in [2.24, 2.45) is 0 Å². The van der Waals surface area contributed by atoms with Crippen LogP contribution in [0, 0.1) is 0 Å². The lowest BCUT2D eigenvalue weighted by Gasteiger charge is -2.09. The predicted octanol–water partition coefficient (Wildman–Crippen LogP) is 2.45. The Morgan fingerprint density at radius 2 is 2.19 bits per heavy atom. The fraction of sp³-hybridized carbons (Fsp3) is 0.364. The molecule has 1 aromatic rings. The summed E-state index contributed by atoms with van der Waals surface area (Å²) in [5.74, 6) is -0.836. The van der Waals surface area contributed by atoms with Crippen molar-refractivity contribution in [3.05, 3.63) is 28.8 Å². The number of hydrogen-bond acceptors (Lipinski definition) is 3. The van der Waals surface area contributed by atoms with Crippen molar-refractivity contribution in [3.8, 4) is 5.75 Å². The van der Waals surface area contributed by atoms with Gasteiger partial charge in [-0.05, 0) is 19.1 Å². The topological polar surface area (TPSA) is 55.8 Å². The van der Waals surface area contributed by atoms with Crippen LogP contribution in [0.4, 0.5) is 0 Å². The zero-order chi connectivity index (χ0) is 12.0. The third-order valence-corrected chi connectivity index (χ3v) is 2.19.